The fraction of sp³-hybridized carbons (Fsp3) is 0.500. The number of aromatic nitrogens is 3. The van der Waals surface area contributed by atoms with Crippen molar-refractivity contribution in [2.75, 3.05) is 0 Å². The predicted octanol–water partition coefficient (Wildman–Crippen LogP) is 3.73. The maximum atomic E-state index is 6.26. The highest BCUT2D eigenvalue weighted by Gasteiger charge is 2.14. The van der Waals surface area contributed by atoms with Gasteiger partial charge in [0.15, 0.2) is 5.82 Å². The van der Waals surface area contributed by atoms with E-state index in [0.29, 0.717) is 11.6 Å². The number of halogens is 1. The molecule has 0 saturated carbocycles. The summed E-state index contributed by atoms with van der Waals surface area (Å²) >= 11 is 6.26. The van der Waals surface area contributed by atoms with Crippen LogP contribution < -0.4 is 5.32 Å². The second-order valence-corrected chi connectivity index (χ2v) is 6.82. The van der Waals surface area contributed by atoms with Crippen LogP contribution in [0.1, 0.15) is 43.4 Å². The van der Waals surface area contributed by atoms with E-state index < -0.39 is 0 Å². The lowest BCUT2D eigenvalue weighted by molar-refractivity contribution is 0.421. The van der Waals surface area contributed by atoms with Gasteiger partial charge >= 0.3 is 0 Å². The quantitative estimate of drug-likeness (QED) is 0.939. The minimum Gasteiger partial charge on any atom is -0.306 e. The topological polar surface area (TPSA) is 42.7 Å². The van der Waals surface area contributed by atoms with Gasteiger partial charge in [-0.15, -0.1) is 0 Å². The molecule has 0 aliphatic rings. The van der Waals surface area contributed by atoms with Gasteiger partial charge in [-0.05, 0) is 59.2 Å². The van der Waals surface area contributed by atoms with E-state index >= 15 is 0 Å². The molecule has 2 aromatic rings. The fourth-order valence-corrected chi connectivity index (χ4v) is 2.18. The average Bonchev–Trinajstić information content (AvgIpc) is 2.65. The Labute approximate surface area is 131 Å². The van der Waals surface area contributed by atoms with Gasteiger partial charge in [0.05, 0.1) is 16.4 Å². The van der Waals surface area contributed by atoms with Gasteiger partial charge in [-0.2, -0.15) is 5.10 Å². The van der Waals surface area contributed by atoms with Crippen molar-refractivity contribution >= 4 is 11.6 Å². The Kier molecular flexibility index (Phi) is 4.40. The van der Waals surface area contributed by atoms with Crippen LogP contribution in [0.2, 0.25) is 5.02 Å². The zero-order valence-corrected chi connectivity index (χ0v) is 14.3. The standard InChI is InChI=1S/C16H23ClN4/c1-10-11(2)20-21(12(10)3)15-8-7-13(17)14(19-15)9-18-16(4,5)6/h7-8,18H,9H2,1-6H3. The van der Waals surface area contributed by atoms with Crippen LogP contribution in [0.15, 0.2) is 12.1 Å². The van der Waals surface area contributed by atoms with Gasteiger partial charge in [0, 0.05) is 17.8 Å². The van der Waals surface area contributed by atoms with Crippen molar-refractivity contribution < 1.29 is 0 Å². The van der Waals surface area contributed by atoms with E-state index in [9.17, 15) is 0 Å². The summed E-state index contributed by atoms with van der Waals surface area (Å²) in [5.41, 5.74) is 4.20. The monoisotopic (exact) mass is 306 g/mol. The molecule has 0 bridgehead atoms. The first-order valence-electron chi connectivity index (χ1n) is 7.12. The minimum atomic E-state index is 0.0236. The van der Waals surface area contributed by atoms with Gasteiger partial charge in [-0.1, -0.05) is 11.6 Å². The van der Waals surface area contributed by atoms with Crippen molar-refractivity contribution in [2.45, 2.75) is 53.6 Å². The lowest BCUT2D eigenvalue weighted by atomic mass is 10.1. The molecule has 114 valence electrons. The highest BCUT2D eigenvalue weighted by atomic mass is 35.5. The van der Waals surface area contributed by atoms with Crippen LogP contribution in [-0.2, 0) is 6.54 Å². The van der Waals surface area contributed by atoms with Crippen LogP contribution >= 0.6 is 11.6 Å². The van der Waals surface area contributed by atoms with E-state index in [4.69, 9.17) is 11.6 Å². The van der Waals surface area contributed by atoms with Crippen LogP contribution in [0.5, 0.6) is 0 Å². The Balaban J connectivity index is 2.36. The number of hydrogen-bond donors (Lipinski definition) is 1. The SMILES string of the molecule is Cc1nn(-c2ccc(Cl)c(CNC(C)(C)C)n2)c(C)c1C. The van der Waals surface area contributed by atoms with E-state index in [2.05, 4.69) is 50.0 Å². The van der Waals surface area contributed by atoms with E-state index in [0.717, 1.165) is 22.9 Å². The molecular formula is C16H23ClN4. The Morgan fingerprint density at radius 1 is 1.19 bits per heavy atom. The molecule has 21 heavy (non-hydrogen) atoms. The van der Waals surface area contributed by atoms with E-state index in [1.54, 1.807) is 0 Å². The second-order valence-electron chi connectivity index (χ2n) is 6.41. The summed E-state index contributed by atoms with van der Waals surface area (Å²) < 4.78 is 1.88. The molecule has 0 fully saturated rings. The zero-order chi connectivity index (χ0) is 15.8. The number of aryl methyl sites for hydroxylation is 1. The lowest BCUT2D eigenvalue weighted by Crippen LogP contribution is -2.35. The van der Waals surface area contributed by atoms with Crippen molar-refractivity contribution in [3.05, 3.63) is 39.8 Å². The van der Waals surface area contributed by atoms with Crippen molar-refractivity contribution in [3.8, 4) is 5.82 Å². The average molecular weight is 307 g/mol. The van der Waals surface area contributed by atoms with Crippen molar-refractivity contribution in [2.24, 2.45) is 0 Å². The van der Waals surface area contributed by atoms with Crippen LogP contribution in [0, 0.1) is 20.8 Å². The lowest BCUT2D eigenvalue weighted by Gasteiger charge is -2.20. The van der Waals surface area contributed by atoms with Crippen LogP contribution in [-0.4, -0.2) is 20.3 Å². The predicted molar refractivity (Wildman–Crippen MR) is 87.2 cm³/mol. The van der Waals surface area contributed by atoms with Gasteiger partial charge in [-0.3, -0.25) is 0 Å². The molecule has 2 heterocycles. The number of nitrogens with zero attached hydrogens (tertiary/aromatic N) is 3. The van der Waals surface area contributed by atoms with Gasteiger partial charge in [-0.25, -0.2) is 9.67 Å². The summed E-state index contributed by atoms with van der Waals surface area (Å²) in [7, 11) is 0. The second kappa shape index (κ2) is 5.78. The number of rotatable bonds is 3. The molecule has 2 aromatic heterocycles. The van der Waals surface area contributed by atoms with E-state index in [1.807, 2.05) is 23.7 Å². The molecule has 2 rings (SSSR count). The number of hydrogen-bond acceptors (Lipinski definition) is 3. The molecule has 1 N–H and O–H groups in total. The molecule has 0 spiro atoms. The molecule has 0 amide bonds. The van der Waals surface area contributed by atoms with Crippen LogP contribution in [0.4, 0.5) is 0 Å². The Morgan fingerprint density at radius 3 is 2.38 bits per heavy atom. The molecule has 0 radical (unpaired) electrons. The van der Waals surface area contributed by atoms with Crippen molar-refractivity contribution in [1.29, 1.82) is 0 Å². The third kappa shape index (κ3) is 3.63. The first-order chi connectivity index (χ1) is 9.69. The van der Waals surface area contributed by atoms with Crippen molar-refractivity contribution in [1.82, 2.24) is 20.1 Å². The van der Waals surface area contributed by atoms with E-state index in [-0.39, 0.29) is 5.54 Å². The Morgan fingerprint density at radius 2 is 1.86 bits per heavy atom. The summed E-state index contributed by atoms with van der Waals surface area (Å²) in [6, 6.07) is 3.79. The van der Waals surface area contributed by atoms with Gasteiger partial charge in [0.2, 0.25) is 0 Å². The molecule has 5 heteroatoms. The molecular weight excluding hydrogens is 284 g/mol. The maximum Gasteiger partial charge on any atom is 0.154 e. The first kappa shape index (κ1) is 16.0. The highest BCUT2D eigenvalue weighted by Crippen LogP contribution is 2.20. The third-order valence-corrected chi connectivity index (χ3v) is 3.90. The Hall–Kier alpha value is -1.39. The van der Waals surface area contributed by atoms with Crippen LogP contribution in [0.3, 0.4) is 0 Å². The molecule has 0 aromatic carbocycles. The highest BCUT2D eigenvalue weighted by molar-refractivity contribution is 6.31. The molecule has 4 nitrogen and oxygen atoms in total. The van der Waals surface area contributed by atoms with Crippen LogP contribution in [0.25, 0.3) is 5.82 Å². The zero-order valence-electron chi connectivity index (χ0n) is 13.6. The summed E-state index contributed by atoms with van der Waals surface area (Å²) in [5, 5.41) is 8.64. The minimum absolute atomic E-state index is 0.0236. The summed E-state index contributed by atoms with van der Waals surface area (Å²) in [6.45, 7) is 13.1. The molecule has 0 aliphatic heterocycles. The molecule has 0 atom stereocenters. The molecule has 0 unspecified atom stereocenters. The number of nitrogens with one attached hydrogen (secondary N) is 1. The summed E-state index contributed by atoms with van der Waals surface area (Å²) in [6.07, 6.45) is 0. The van der Waals surface area contributed by atoms with Gasteiger partial charge in [0.25, 0.3) is 0 Å². The van der Waals surface area contributed by atoms with E-state index in [1.165, 1.54) is 5.56 Å². The first-order valence-corrected chi connectivity index (χ1v) is 7.50. The van der Waals surface area contributed by atoms with Gasteiger partial charge < -0.3 is 5.32 Å². The van der Waals surface area contributed by atoms with Crippen molar-refractivity contribution in [3.63, 3.8) is 0 Å². The third-order valence-electron chi connectivity index (χ3n) is 3.56. The van der Waals surface area contributed by atoms with Gasteiger partial charge in [0.1, 0.15) is 0 Å². The summed E-state index contributed by atoms with van der Waals surface area (Å²) in [5.74, 6) is 0.804. The smallest absolute Gasteiger partial charge is 0.154 e. The number of pyridine rings is 1. The Bertz CT molecular complexity index is 653. The fourth-order valence-electron chi connectivity index (χ4n) is 2.01. The summed E-state index contributed by atoms with van der Waals surface area (Å²) in [4.78, 5) is 4.67. The normalized spacial score (nSPS) is 12.0. The maximum absolute atomic E-state index is 6.26. The molecule has 0 aliphatic carbocycles. The largest absolute Gasteiger partial charge is 0.306 e. The molecule has 0 saturated heterocycles.